The van der Waals surface area contributed by atoms with Crippen LogP contribution in [0.5, 0.6) is 0 Å². The third-order valence-electron chi connectivity index (χ3n) is 4.90. The molecule has 0 bridgehead atoms. The molecule has 0 saturated heterocycles. The van der Waals surface area contributed by atoms with Gasteiger partial charge in [0, 0.05) is 23.8 Å². The molecule has 130 valence electrons. The lowest BCUT2D eigenvalue weighted by atomic mass is 9.87. The number of amides is 3. The summed E-state index contributed by atoms with van der Waals surface area (Å²) < 4.78 is 0. The maximum atomic E-state index is 12.0. The third-order valence-corrected chi connectivity index (χ3v) is 4.90. The summed E-state index contributed by atoms with van der Waals surface area (Å²) in [5, 5.41) is 8.66. The molecular formula is C19H27N3O2. The van der Waals surface area contributed by atoms with Crippen molar-refractivity contribution in [2.45, 2.75) is 51.4 Å². The molecule has 3 N–H and O–H groups in total. The van der Waals surface area contributed by atoms with E-state index in [2.05, 4.69) is 16.0 Å². The van der Waals surface area contributed by atoms with Crippen molar-refractivity contribution in [1.82, 2.24) is 5.32 Å². The summed E-state index contributed by atoms with van der Waals surface area (Å²) in [6, 6.07) is 7.11. The normalized spacial score (nSPS) is 18.0. The molecule has 0 aliphatic heterocycles. The van der Waals surface area contributed by atoms with Gasteiger partial charge >= 0.3 is 6.03 Å². The van der Waals surface area contributed by atoms with Crippen molar-refractivity contribution in [3.63, 3.8) is 0 Å². The molecule has 0 unspecified atom stereocenters. The highest BCUT2D eigenvalue weighted by Crippen LogP contribution is 2.30. The standard InChI is InChI=1S/C19H27N3O2/c23-18(15-9-10-15)21-16-7-4-8-17(13-16)22-19(24)20-12-11-14-5-2-1-3-6-14/h4,7-8,13-15H,1-3,5-6,9-12H2,(H,21,23)(H2,20,22,24). The molecule has 0 spiro atoms. The van der Waals surface area contributed by atoms with Gasteiger partial charge in [0.15, 0.2) is 0 Å². The second-order valence-corrected chi connectivity index (χ2v) is 7.02. The van der Waals surface area contributed by atoms with Gasteiger partial charge in [0.25, 0.3) is 0 Å². The van der Waals surface area contributed by atoms with E-state index in [1.165, 1.54) is 32.1 Å². The average Bonchev–Trinajstić information content (AvgIpc) is 3.41. The summed E-state index contributed by atoms with van der Waals surface area (Å²) in [6.45, 7) is 0.717. The Kier molecular flexibility index (Phi) is 5.72. The van der Waals surface area contributed by atoms with Crippen LogP contribution in [0.15, 0.2) is 24.3 Å². The molecule has 1 aromatic rings. The lowest BCUT2D eigenvalue weighted by Crippen LogP contribution is -2.30. The van der Waals surface area contributed by atoms with Gasteiger partial charge in [-0.25, -0.2) is 4.79 Å². The Morgan fingerprint density at radius 1 is 0.958 bits per heavy atom. The zero-order chi connectivity index (χ0) is 16.8. The minimum atomic E-state index is -0.184. The summed E-state index contributed by atoms with van der Waals surface area (Å²) >= 11 is 0. The van der Waals surface area contributed by atoms with Crippen LogP contribution in [0.4, 0.5) is 16.2 Å². The summed E-state index contributed by atoms with van der Waals surface area (Å²) in [4.78, 5) is 23.8. The first-order valence-corrected chi connectivity index (χ1v) is 9.16. The predicted molar refractivity (Wildman–Crippen MR) is 96.0 cm³/mol. The smallest absolute Gasteiger partial charge is 0.319 e. The number of carbonyl (C=O) groups excluding carboxylic acids is 2. The van der Waals surface area contributed by atoms with Gasteiger partial charge < -0.3 is 16.0 Å². The van der Waals surface area contributed by atoms with Gasteiger partial charge in [0.1, 0.15) is 0 Å². The first-order valence-electron chi connectivity index (χ1n) is 9.16. The van der Waals surface area contributed by atoms with Crippen molar-refractivity contribution in [2.24, 2.45) is 11.8 Å². The topological polar surface area (TPSA) is 70.2 Å². The van der Waals surface area contributed by atoms with E-state index in [4.69, 9.17) is 0 Å². The number of benzene rings is 1. The van der Waals surface area contributed by atoms with Crippen LogP contribution >= 0.6 is 0 Å². The van der Waals surface area contributed by atoms with Gasteiger partial charge in [-0.2, -0.15) is 0 Å². The van der Waals surface area contributed by atoms with Crippen LogP contribution in [-0.4, -0.2) is 18.5 Å². The van der Waals surface area contributed by atoms with E-state index in [0.29, 0.717) is 12.2 Å². The Hall–Kier alpha value is -2.04. The highest BCUT2D eigenvalue weighted by molar-refractivity contribution is 5.95. The Morgan fingerprint density at radius 3 is 2.38 bits per heavy atom. The molecule has 0 heterocycles. The fourth-order valence-corrected chi connectivity index (χ4v) is 3.31. The first kappa shape index (κ1) is 16.8. The SMILES string of the molecule is O=C(NCCC1CCCCC1)Nc1cccc(NC(=O)C2CC2)c1. The summed E-state index contributed by atoms with van der Waals surface area (Å²) in [7, 11) is 0. The van der Waals surface area contributed by atoms with Crippen LogP contribution in [0.1, 0.15) is 51.4 Å². The molecule has 0 radical (unpaired) electrons. The maximum absolute atomic E-state index is 12.0. The molecule has 2 aliphatic rings. The maximum Gasteiger partial charge on any atom is 0.319 e. The van der Waals surface area contributed by atoms with Crippen molar-refractivity contribution in [2.75, 3.05) is 17.2 Å². The zero-order valence-corrected chi connectivity index (χ0v) is 14.1. The van der Waals surface area contributed by atoms with Crippen LogP contribution in [0.25, 0.3) is 0 Å². The van der Waals surface area contributed by atoms with Gasteiger partial charge in [0.2, 0.25) is 5.91 Å². The third kappa shape index (κ3) is 5.25. The van der Waals surface area contributed by atoms with Crippen molar-refractivity contribution in [3.05, 3.63) is 24.3 Å². The molecule has 2 aliphatic carbocycles. The minimum absolute atomic E-state index is 0.0732. The predicted octanol–water partition coefficient (Wildman–Crippen LogP) is 4.13. The highest BCUT2D eigenvalue weighted by Gasteiger charge is 2.29. The average molecular weight is 329 g/mol. The van der Waals surface area contributed by atoms with E-state index in [1.807, 2.05) is 18.2 Å². The summed E-state index contributed by atoms with van der Waals surface area (Å²) in [5.41, 5.74) is 1.42. The molecule has 3 rings (SSSR count). The number of rotatable bonds is 6. The van der Waals surface area contributed by atoms with Crippen LogP contribution < -0.4 is 16.0 Å². The molecule has 2 fully saturated rings. The summed E-state index contributed by atoms with van der Waals surface area (Å²) in [5.74, 6) is 1.01. The molecular weight excluding hydrogens is 302 g/mol. The van der Waals surface area contributed by atoms with Crippen molar-refractivity contribution in [1.29, 1.82) is 0 Å². The van der Waals surface area contributed by atoms with Crippen molar-refractivity contribution >= 4 is 23.3 Å². The van der Waals surface area contributed by atoms with Gasteiger partial charge in [0.05, 0.1) is 0 Å². The molecule has 3 amide bonds. The monoisotopic (exact) mass is 329 g/mol. The minimum Gasteiger partial charge on any atom is -0.338 e. The van der Waals surface area contributed by atoms with E-state index >= 15 is 0 Å². The molecule has 5 nitrogen and oxygen atoms in total. The quantitative estimate of drug-likeness (QED) is 0.734. The Bertz CT molecular complexity index is 578. The fourth-order valence-electron chi connectivity index (χ4n) is 3.31. The highest BCUT2D eigenvalue weighted by atomic mass is 16.2. The molecule has 24 heavy (non-hydrogen) atoms. The largest absolute Gasteiger partial charge is 0.338 e. The molecule has 0 aromatic heterocycles. The van der Waals surface area contributed by atoms with Gasteiger partial charge in [-0.3, -0.25) is 4.79 Å². The first-order chi connectivity index (χ1) is 11.7. The van der Waals surface area contributed by atoms with Crippen LogP contribution in [0.3, 0.4) is 0 Å². The number of hydrogen-bond acceptors (Lipinski definition) is 2. The number of nitrogens with one attached hydrogen (secondary N) is 3. The van der Waals surface area contributed by atoms with Gasteiger partial charge in [-0.15, -0.1) is 0 Å². The summed E-state index contributed by atoms with van der Waals surface area (Å²) in [6.07, 6.45) is 9.63. The lowest BCUT2D eigenvalue weighted by Gasteiger charge is -2.21. The lowest BCUT2D eigenvalue weighted by molar-refractivity contribution is -0.117. The second kappa shape index (κ2) is 8.18. The molecule has 5 heteroatoms. The van der Waals surface area contributed by atoms with Gasteiger partial charge in [-0.05, 0) is 43.4 Å². The fraction of sp³-hybridized carbons (Fsp3) is 0.579. The van der Waals surface area contributed by atoms with Crippen LogP contribution in [-0.2, 0) is 4.79 Å². The molecule has 1 aromatic carbocycles. The van der Waals surface area contributed by atoms with Crippen LogP contribution in [0.2, 0.25) is 0 Å². The van der Waals surface area contributed by atoms with Crippen LogP contribution in [0, 0.1) is 11.8 Å². The van der Waals surface area contributed by atoms with Gasteiger partial charge in [-0.1, -0.05) is 38.2 Å². The molecule has 0 atom stereocenters. The second-order valence-electron chi connectivity index (χ2n) is 7.02. The van der Waals surface area contributed by atoms with E-state index in [1.54, 1.807) is 6.07 Å². The molecule has 2 saturated carbocycles. The number of hydrogen-bond donors (Lipinski definition) is 3. The number of carbonyl (C=O) groups is 2. The van der Waals surface area contributed by atoms with E-state index in [0.717, 1.165) is 30.9 Å². The van der Waals surface area contributed by atoms with Crippen molar-refractivity contribution < 1.29 is 9.59 Å². The van der Waals surface area contributed by atoms with Crippen molar-refractivity contribution in [3.8, 4) is 0 Å². The Labute approximate surface area is 143 Å². The van der Waals surface area contributed by atoms with E-state index < -0.39 is 0 Å². The Balaban J connectivity index is 1.41. The van der Waals surface area contributed by atoms with E-state index in [9.17, 15) is 9.59 Å². The van der Waals surface area contributed by atoms with E-state index in [-0.39, 0.29) is 17.9 Å². The number of anilines is 2. The number of urea groups is 1. The zero-order valence-electron chi connectivity index (χ0n) is 14.1. The Morgan fingerprint density at radius 2 is 1.67 bits per heavy atom.